The van der Waals surface area contributed by atoms with Gasteiger partial charge in [0, 0.05) is 16.0 Å². The summed E-state index contributed by atoms with van der Waals surface area (Å²) in [6.45, 7) is 2.18. The van der Waals surface area contributed by atoms with Crippen LogP contribution in [0.15, 0.2) is 22.2 Å². The molecule has 1 aliphatic rings. The molecule has 0 atom stereocenters. The van der Waals surface area contributed by atoms with Crippen LogP contribution in [0.2, 0.25) is 0 Å². The molecular formula is C10H14Cl2. The van der Waals surface area contributed by atoms with Gasteiger partial charge in [0.05, 0.1) is 0 Å². The summed E-state index contributed by atoms with van der Waals surface area (Å²) >= 11 is 12.1. The van der Waals surface area contributed by atoms with Gasteiger partial charge in [-0.1, -0.05) is 55.1 Å². The minimum absolute atomic E-state index is 0.294. The van der Waals surface area contributed by atoms with E-state index in [1.807, 2.05) is 12.2 Å². The van der Waals surface area contributed by atoms with Crippen molar-refractivity contribution in [1.29, 1.82) is 0 Å². The Balaban J connectivity index is 2.52. The number of hydrogen-bond donors (Lipinski definition) is 0. The van der Waals surface area contributed by atoms with Crippen LogP contribution in [0.5, 0.6) is 0 Å². The van der Waals surface area contributed by atoms with Crippen molar-refractivity contribution in [2.45, 2.75) is 32.6 Å². The topological polar surface area (TPSA) is 0 Å². The van der Waals surface area contributed by atoms with Gasteiger partial charge in [-0.2, -0.15) is 0 Å². The van der Waals surface area contributed by atoms with Crippen LogP contribution in [0.4, 0.5) is 0 Å². The Morgan fingerprint density at radius 3 is 2.42 bits per heavy atom. The number of allylic oxidation sites excluding steroid dienone is 4. The normalized spacial score (nSPS) is 18.9. The van der Waals surface area contributed by atoms with Gasteiger partial charge in [0.25, 0.3) is 0 Å². The fourth-order valence-electron chi connectivity index (χ4n) is 1.38. The number of halogens is 2. The smallest absolute Gasteiger partial charge is 0.0299 e. The van der Waals surface area contributed by atoms with Crippen molar-refractivity contribution >= 4 is 23.2 Å². The van der Waals surface area contributed by atoms with Gasteiger partial charge >= 0.3 is 0 Å². The quantitative estimate of drug-likeness (QED) is 0.638. The third kappa shape index (κ3) is 2.53. The first-order valence-electron chi connectivity index (χ1n) is 4.46. The summed E-state index contributed by atoms with van der Waals surface area (Å²) in [5.74, 6) is 0.294. The lowest BCUT2D eigenvalue weighted by atomic mass is 9.97. The highest BCUT2D eigenvalue weighted by Gasteiger charge is 2.17. The van der Waals surface area contributed by atoms with Crippen LogP contribution in [0.1, 0.15) is 32.6 Å². The Morgan fingerprint density at radius 2 is 1.92 bits per heavy atom. The van der Waals surface area contributed by atoms with Crippen LogP contribution in [-0.4, -0.2) is 0 Å². The molecule has 0 aliphatic heterocycles. The molecule has 0 nitrogen and oxygen atoms in total. The predicted molar refractivity (Wildman–Crippen MR) is 55.5 cm³/mol. The summed E-state index contributed by atoms with van der Waals surface area (Å²) in [6, 6.07) is 0. The molecule has 0 saturated heterocycles. The van der Waals surface area contributed by atoms with E-state index in [0.29, 0.717) is 5.92 Å². The third-order valence-electron chi connectivity index (χ3n) is 2.14. The molecule has 0 saturated carbocycles. The summed E-state index contributed by atoms with van der Waals surface area (Å²) in [7, 11) is 0. The van der Waals surface area contributed by atoms with E-state index in [2.05, 4.69) is 6.92 Å². The molecule has 0 radical (unpaired) electrons. The number of hydrogen-bond acceptors (Lipinski definition) is 0. The second kappa shape index (κ2) is 4.94. The number of unbranched alkanes of at least 4 members (excludes halogenated alkanes) is 1. The SMILES string of the molecule is CCCCC1C(Cl)=CCC=C1Cl. The number of rotatable bonds is 3. The molecule has 0 fully saturated rings. The van der Waals surface area contributed by atoms with Gasteiger partial charge < -0.3 is 0 Å². The minimum Gasteiger partial charge on any atom is -0.0888 e. The van der Waals surface area contributed by atoms with Gasteiger partial charge in [0.1, 0.15) is 0 Å². The van der Waals surface area contributed by atoms with Crippen molar-refractivity contribution in [3.8, 4) is 0 Å². The van der Waals surface area contributed by atoms with E-state index in [1.54, 1.807) is 0 Å². The van der Waals surface area contributed by atoms with Crippen molar-refractivity contribution in [3.63, 3.8) is 0 Å². The maximum atomic E-state index is 6.05. The summed E-state index contributed by atoms with van der Waals surface area (Å²) in [5.41, 5.74) is 0. The highest BCUT2D eigenvalue weighted by Crippen LogP contribution is 2.34. The molecule has 0 amide bonds. The molecule has 0 aromatic carbocycles. The van der Waals surface area contributed by atoms with Crippen molar-refractivity contribution < 1.29 is 0 Å². The first-order chi connectivity index (χ1) is 5.75. The molecule has 68 valence electrons. The van der Waals surface area contributed by atoms with Crippen LogP contribution in [-0.2, 0) is 0 Å². The lowest BCUT2D eigenvalue weighted by Crippen LogP contribution is -2.04. The van der Waals surface area contributed by atoms with E-state index in [4.69, 9.17) is 23.2 Å². The van der Waals surface area contributed by atoms with Crippen molar-refractivity contribution in [2.24, 2.45) is 5.92 Å². The molecule has 0 aromatic rings. The molecule has 0 heterocycles. The average Bonchev–Trinajstić information content (AvgIpc) is 2.04. The lowest BCUT2D eigenvalue weighted by molar-refractivity contribution is 0.620. The largest absolute Gasteiger partial charge is 0.0888 e. The van der Waals surface area contributed by atoms with Gasteiger partial charge in [-0.3, -0.25) is 0 Å². The third-order valence-corrected chi connectivity index (χ3v) is 2.97. The minimum atomic E-state index is 0.294. The maximum absolute atomic E-state index is 6.05. The van der Waals surface area contributed by atoms with Crippen LogP contribution >= 0.6 is 23.2 Å². The van der Waals surface area contributed by atoms with Crippen LogP contribution in [0.25, 0.3) is 0 Å². The molecule has 0 N–H and O–H groups in total. The Hall–Kier alpha value is 0.0600. The monoisotopic (exact) mass is 204 g/mol. The van der Waals surface area contributed by atoms with Crippen LogP contribution in [0.3, 0.4) is 0 Å². The van der Waals surface area contributed by atoms with E-state index >= 15 is 0 Å². The Morgan fingerprint density at radius 1 is 1.33 bits per heavy atom. The van der Waals surface area contributed by atoms with E-state index in [0.717, 1.165) is 22.9 Å². The standard InChI is InChI=1S/C10H14Cl2/c1-2-3-5-8-9(11)6-4-7-10(8)12/h6-8H,2-5H2,1H3. The first-order valence-corrected chi connectivity index (χ1v) is 5.22. The zero-order valence-electron chi connectivity index (χ0n) is 7.32. The van der Waals surface area contributed by atoms with Gasteiger partial charge in [0.2, 0.25) is 0 Å². The lowest BCUT2D eigenvalue weighted by Gasteiger charge is -2.18. The molecule has 1 rings (SSSR count). The molecule has 0 unspecified atom stereocenters. The highest BCUT2D eigenvalue weighted by molar-refractivity contribution is 6.34. The van der Waals surface area contributed by atoms with Crippen LogP contribution < -0.4 is 0 Å². The van der Waals surface area contributed by atoms with Crippen molar-refractivity contribution in [3.05, 3.63) is 22.2 Å². The molecule has 0 spiro atoms. The van der Waals surface area contributed by atoms with Crippen molar-refractivity contribution in [2.75, 3.05) is 0 Å². The zero-order valence-corrected chi connectivity index (χ0v) is 8.83. The van der Waals surface area contributed by atoms with E-state index in [-0.39, 0.29) is 0 Å². The summed E-state index contributed by atoms with van der Waals surface area (Å²) in [5, 5.41) is 1.85. The zero-order chi connectivity index (χ0) is 8.97. The van der Waals surface area contributed by atoms with Crippen molar-refractivity contribution in [1.82, 2.24) is 0 Å². The molecule has 1 aliphatic carbocycles. The fraction of sp³-hybridized carbons (Fsp3) is 0.600. The first kappa shape index (κ1) is 10.1. The molecule has 0 aromatic heterocycles. The molecular weight excluding hydrogens is 191 g/mol. The van der Waals surface area contributed by atoms with E-state index in [1.165, 1.54) is 12.8 Å². The summed E-state index contributed by atoms with van der Waals surface area (Å²) in [6.07, 6.45) is 8.46. The second-order valence-corrected chi connectivity index (χ2v) is 3.98. The Labute approximate surface area is 84.2 Å². The van der Waals surface area contributed by atoms with Gasteiger partial charge in [0.15, 0.2) is 0 Å². The summed E-state index contributed by atoms with van der Waals surface area (Å²) in [4.78, 5) is 0. The summed E-state index contributed by atoms with van der Waals surface area (Å²) < 4.78 is 0. The van der Waals surface area contributed by atoms with E-state index in [9.17, 15) is 0 Å². The Bertz CT molecular complexity index is 186. The van der Waals surface area contributed by atoms with Gasteiger partial charge in [-0.15, -0.1) is 0 Å². The molecule has 12 heavy (non-hydrogen) atoms. The van der Waals surface area contributed by atoms with Gasteiger partial charge in [-0.25, -0.2) is 0 Å². The Kier molecular flexibility index (Phi) is 4.17. The predicted octanol–water partition coefficient (Wildman–Crippen LogP) is 4.44. The van der Waals surface area contributed by atoms with E-state index < -0.39 is 0 Å². The second-order valence-electron chi connectivity index (χ2n) is 3.11. The molecule has 2 heteroatoms. The van der Waals surface area contributed by atoms with Gasteiger partial charge in [-0.05, 0) is 12.8 Å². The maximum Gasteiger partial charge on any atom is 0.0299 e. The van der Waals surface area contributed by atoms with Crippen LogP contribution in [0, 0.1) is 5.92 Å². The highest BCUT2D eigenvalue weighted by atomic mass is 35.5. The fourth-order valence-corrected chi connectivity index (χ4v) is 2.07. The average molecular weight is 205 g/mol. The molecule has 0 bridgehead atoms.